The topological polar surface area (TPSA) is 129 Å². The van der Waals surface area contributed by atoms with E-state index in [1.165, 1.54) is 12.1 Å². The molecule has 1 spiro atoms. The van der Waals surface area contributed by atoms with E-state index in [9.17, 15) is 24.8 Å². The zero-order chi connectivity index (χ0) is 17.6. The molecule has 2 heterocycles. The van der Waals surface area contributed by atoms with Crippen LogP contribution in [0.5, 0.6) is 0 Å². The molecular formula is C15H16N4O5. The van der Waals surface area contributed by atoms with Gasteiger partial charge in [0.05, 0.1) is 11.5 Å². The first-order valence-electron chi connectivity index (χ1n) is 7.56. The first kappa shape index (κ1) is 16.1. The van der Waals surface area contributed by atoms with Crippen LogP contribution in [-0.4, -0.2) is 35.3 Å². The van der Waals surface area contributed by atoms with E-state index >= 15 is 0 Å². The lowest BCUT2D eigenvalue weighted by Crippen LogP contribution is -3.14. The minimum Gasteiger partial charge on any atom is -0.861 e. The number of non-ortho nitro benzene ring substituents is 1. The van der Waals surface area contributed by atoms with Crippen molar-refractivity contribution in [1.82, 2.24) is 5.32 Å². The molecule has 1 aromatic rings. The van der Waals surface area contributed by atoms with Gasteiger partial charge in [-0.15, -0.1) is 0 Å². The van der Waals surface area contributed by atoms with Gasteiger partial charge < -0.3 is 5.11 Å². The second kappa shape index (κ2) is 5.38. The van der Waals surface area contributed by atoms with E-state index in [4.69, 9.17) is 0 Å². The number of aliphatic imine (C=N–C) groups is 1. The van der Waals surface area contributed by atoms with Gasteiger partial charge in [-0.3, -0.25) is 25.1 Å². The molecule has 9 nitrogen and oxygen atoms in total. The fourth-order valence-corrected chi connectivity index (χ4v) is 3.70. The van der Waals surface area contributed by atoms with Crippen LogP contribution in [0.15, 0.2) is 23.2 Å². The highest BCUT2D eigenvalue weighted by atomic mass is 16.6. The average molecular weight is 332 g/mol. The van der Waals surface area contributed by atoms with Crippen LogP contribution in [0.2, 0.25) is 0 Å². The number of carbonyl (C=O) groups excluding carboxylic acids is 2. The number of imide groups is 1. The maximum Gasteiger partial charge on any atom is 0.346 e. The maximum atomic E-state index is 12.5. The lowest BCUT2D eigenvalue weighted by Gasteiger charge is -2.48. The standard InChI is InChI=1S/C15H16N4O5/c1-3-18-8(2)15(12(20)16-14(22)17-13(15)21)7-9-6-10(19(23)24)4-5-11(9)18/h4-6,8H,3,7H2,1-2H3,(H2,16,17,20,21,22). The Morgan fingerprint density at radius 3 is 2.75 bits per heavy atom. The van der Waals surface area contributed by atoms with Crippen molar-refractivity contribution in [2.24, 2.45) is 10.4 Å². The van der Waals surface area contributed by atoms with Gasteiger partial charge in [-0.1, -0.05) is 0 Å². The molecule has 0 saturated heterocycles. The zero-order valence-electron chi connectivity index (χ0n) is 13.2. The van der Waals surface area contributed by atoms with Crippen LogP contribution in [0.3, 0.4) is 0 Å². The Labute approximate surface area is 137 Å². The van der Waals surface area contributed by atoms with Gasteiger partial charge in [0.15, 0.2) is 0 Å². The number of benzene rings is 1. The number of hydrogen-bond acceptors (Lipinski definition) is 5. The third-order valence-corrected chi connectivity index (χ3v) is 4.97. The molecule has 126 valence electrons. The highest BCUT2D eigenvalue weighted by Crippen LogP contribution is 2.36. The Hall–Kier alpha value is -2.81. The van der Waals surface area contributed by atoms with E-state index in [0.29, 0.717) is 12.1 Å². The molecular weight excluding hydrogens is 316 g/mol. The monoisotopic (exact) mass is 332 g/mol. The van der Waals surface area contributed by atoms with Crippen molar-refractivity contribution in [3.8, 4) is 0 Å². The normalized spacial score (nSPS) is 29.0. The molecule has 0 aromatic heterocycles. The minimum absolute atomic E-state index is 0.0177. The Bertz CT molecular complexity index is 790. The predicted octanol–water partition coefficient (Wildman–Crippen LogP) is -0.929. The van der Waals surface area contributed by atoms with E-state index in [0.717, 1.165) is 10.6 Å². The van der Waals surface area contributed by atoms with Crippen LogP contribution in [0.4, 0.5) is 16.2 Å². The third kappa shape index (κ3) is 2.08. The van der Waals surface area contributed by atoms with Gasteiger partial charge in [-0.25, -0.2) is 9.79 Å². The molecule has 0 bridgehead atoms. The molecule has 0 fully saturated rings. The summed E-state index contributed by atoms with van der Waals surface area (Å²) in [6, 6.07) is 3.03. The quantitative estimate of drug-likeness (QED) is 0.534. The highest BCUT2D eigenvalue weighted by Gasteiger charge is 2.55. The number of amides is 3. The van der Waals surface area contributed by atoms with Crippen molar-refractivity contribution in [3.05, 3.63) is 33.9 Å². The van der Waals surface area contributed by atoms with E-state index in [-0.39, 0.29) is 12.1 Å². The number of carbonyl (C=O) groups is 2. The predicted molar refractivity (Wildman–Crippen MR) is 80.8 cm³/mol. The molecule has 0 aliphatic carbocycles. The highest BCUT2D eigenvalue weighted by molar-refractivity contribution is 6.16. The molecule has 2 aliphatic heterocycles. The molecule has 3 amide bonds. The second-order valence-corrected chi connectivity index (χ2v) is 6.02. The van der Waals surface area contributed by atoms with E-state index < -0.39 is 34.2 Å². The fraction of sp³-hybridized carbons (Fsp3) is 0.400. The molecule has 2 N–H and O–H groups in total. The SMILES string of the molecule is CC[NH+]1c2ccc([N+](=O)[O-])cc2CC2(C(=O)NC(=O)N=C2[O-])C1C. The minimum atomic E-state index is -1.53. The Morgan fingerprint density at radius 1 is 1.46 bits per heavy atom. The lowest BCUT2D eigenvalue weighted by atomic mass is 9.70. The van der Waals surface area contributed by atoms with Gasteiger partial charge in [-0.2, -0.15) is 0 Å². The van der Waals surface area contributed by atoms with E-state index in [2.05, 4.69) is 10.3 Å². The number of rotatable bonds is 2. The van der Waals surface area contributed by atoms with Gasteiger partial charge >= 0.3 is 6.03 Å². The largest absolute Gasteiger partial charge is 0.861 e. The van der Waals surface area contributed by atoms with Crippen LogP contribution in [0.1, 0.15) is 19.4 Å². The molecule has 2 aliphatic rings. The molecule has 3 unspecified atom stereocenters. The van der Waals surface area contributed by atoms with Crippen molar-refractivity contribution >= 4 is 29.2 Å². The summed E-state index contributed by atoms with van der Waals surface area (Å²) in [7, 11) is 0. The van der Waals surface area contributed by atoms with Crippen LogP contribution in [-0.2, 0) is 11.2 Å². The number of urea groups is 1. The summed E-state index contributed by atoms with van der Waals surface area (Å²) in [5.41, 5.74) is -0.266. The summed E-state index contributed by atoms with van der Waals surface area (Å²) in [5.74, 6) is -1.48. The number of nitrogens with zero attached hydrogens (tertiary/aromatic N) is 2. The summed E-state index contributed by atoms with van der Waals surface area (Å²) < 4.78 is 0. The smallest absolute Gasteiger partial charge is 0.346 e. The molecule has 9 heteroatoms. The number of nitrogens with one attached hydrogen (secondary N) is 2. The summed E-state index contributed by atoms with van der Waals surface area (Å²) in [6.07, 6.45) is -0.0177. The van der Waals surface area contributed by atoms with Crippen molar-refractivity contribution < 1.29 is 24.5 Å². The summed E-state index contributed by atoms with van der Waals surface area (Å²) in [6.45, 7) is 4.22. The summed E-state index contributed by atoms with van der Waals surface area (Å²) in [5, 5.41) is 25.6. The molecule has 0 saturated carbocycles. The summed E-state index contributed by atoms with van der Waals surface area (Å²) >= 11 is 0. The first-order chi connectivity index (χ1) is 11.3. The van der Waals surface area contributed by atoms with Gasteiger partial charge in [0, 0.05) is 30.2 Å². The maximum absolute atomic E-state index is 12.5. The van der Waals surface area contributed by atoms with Crippen molar-refractivity contribution in [2.75, 3.05) is 6.54 Å². The molecule has 1 aromatic carbocycles. The van der Waals surface area contributed by atoms with Crippen LogP contribution in [0.25, 0.3) is 0 Å². The number of fused-ring (bicyclic) bond motifs is 1. The van der Waals surface area contributed by atoms with Crippen LogP contribution in [0, 0.1) is 15.5 Å². The number of nitro benzene ring substituents is 1. The van der Waals surface area contributed by atoms with Gasteiger partial charge in [0.25, 0.3) is 5.69 Å². The van der Waals surface area contributed by atoms with Gasteiger partial charge in [0.2, 0.25) is 5.91 Å². The van der Waals surface area contributed by atoms with Crippen LogP contribution < -0.4 is 15.3 Å². The Balaban J connectivity index is 2.20. The number of nitro groups is 1. The molecule has 3 rings (SSSR count). The van der Waals surface area contributed by atoms with Crippen molar-refractivity contribution in [1.29, 1.82) is 0 Å². The van der Waals surface area contributed by atoms with E-state index in [1.54, 1.807) is 13.0 Å². The number of quaternary nitrogens is 1. The van der Waals surface area contributed by atoms with Crippen LogP contribution >= 0.6 is 0 Å². The number of hydrogen-bond donors (Lipinski definition) is 2. The van der Waals surface area contributed by atoms with Crippen molar-refractivity contribution in [2.45, 2.75) is 26.3 Å². The molecule has 24 heavy (non-hydrogen) atoms. The molecule has 3 atom stereocenters. The molecule has 0 radical (unpaired) electrons. The van der Waals surface area contributed by atoms with E-state index in [1.807, 2.05) is 6.92 Å². The zero-order valence-corrected chi connectivity index (χ0v) is 13.2. The average Bonchev–Trinajstić information content (AvgIpc) is 2.52. The third-order valence-electron chi connectivity index (χ3n) is 4.97. The summed E-state index contributed by atoms with van der Waals surface area (Å²) in [4.78, 5) is 38.6. The Morgan fingerprint density at radius 2 is 2.17 bits per heavy atom. The Kier molecular flexibility index (Phi) is 3.60. The second-order valence-electron chi connectivity index (χ2n) is 6.02. The lowest BCUT2D eigenvalue weighted by molar-refractivity contribution is -0.865. The first-order valence-corrected chi connectivity index (χ1v) is 7.56. The fourth-order valence-electron chi connectivity index (χ4n) is 3.70. The van der Waals surface area contributed by atoms with Crippen molar-refractivity contribution in [3.63, 3.8) is 0 Å². The van der Waals surface area contributed by atoms with Gasteiger partial charge in [-0.05, 0) is 19.7 Å². The van der Waals surface area contributed by atoms with Gasteiger partial charge in [0.1, 0.15) is 17.1 Å².